The molecule has 1 aliphatic rings. The van der Waals surface area contributed by atoms with Gasteiger partial charge in [-0.05, 0) is 25.7 Å². The molecule has 2 unspecified atom stereocenters. The molecular formula is C13H22N4O3. The van der Waals surface area contributed by atoms with E-state index in [9.17, 15) is 15.2 Å². The maximum Gasteiger partial charge on any atom is 0.333 e. The van der Waals surface area contributed by atoms with Gasteiger partial charge in [-0.3, -0.25) is 10.1 Å². The molecule has 0 spiro atoms. The molecular weight excluding hydrogens is 260 g/mol. The summed E-state index contributed by atoms with van der Waals surface area (Å²) in [5, 5.41) is 28.3. The van der Waals surface area contributed by atoms with Crippen LogP contribution in [0.4, 0.5) is 11.5 Å². The Morgan fingerprint density at radius 1 is 1.65 bits per heavy atom. The smallest absolute Gasteiger partial charge is 0.333 e. The summed E-state index contributed by atoms with van der Waals surface area (Å²) in [5.41, 5.74) is -0.0988. The third kappa shape index (κ3) is 2.63. The van der Waals surface area contributed by atoms with Crippen molar-refractivity contribution in [3.8, 4) is 0 Å². The number of nitro groups is 1. The summed E-state index contributed by atoms with van der Waals surface area (Å²) in [7, 11) is 1.68. The van der Waals surface area contributed by atoms with E-state index in [4.69, 9.17) is 0 Å². The molecule has 2 rings (SSSR count). The third-order valence-electron chi connectivity index (χ3n) is 4.15. The van der Waals surface area contributed by atoms with Crippen LogP contribution in [-0.2, 0) is 7.05 Å². The van der Waals surface area contributed by atoms with Crippen molar-refractivity contribution in [2.45, 2.75) is 45.1 Å². The highest BCUT2D eigenvalue weighted by atomic mass is 16.6. The molecule has 20 heavy (non-hydrogen) atoms. The van der Waals surface area contributed by atoms with Gasteiger partial charge in [0.1, 0.15) is 5.69 Å². The van der Waals surface area contributed by atoms with E-state index in [1.54, 1.807) is 14.0 Å². The molecule has 0 bridgehead atoms. The summed E-state index contributed by atoms with van der Waals surface area (Å²) in [4.78, 5) is 10.8. The lowest BCUT2D eigenvalue weighted by Crippen LogP contribution is -2.46. The van der Waals surface area contributed by atoms with Crippen molar-refractivity contribution in [1.82, 2.24) is 9.78 Å². The van der Waals surface area contributed by atoms with Crippen LogP contribution in [0.3, 0.4) is 0 Å². The highest BCUT2D eigenvalue weighted by molar-refractivity contribution is 5.60. The molecule has 0 aromatic carbocycles. The second kappa shape index (κ2) is 5.40. The number of nitrogens with zero attached hydrogens (tertiary/aromatic N) is 3. The monoisotopic (exact) mass is 282 g/mol. The van der Waals surface area contributed by atoms with Crippen molar-refractivity contribution in [3.05, 3.63) is 15.8 Å². The highest BCUT2D eigenvalue weighted by Gasteiger charge is 2.37. The first-order valence-electron chi connectivity index (χ1n) is 6.95. The van der Waals surface area contributed by atoms with E-state index in [-0.39, 0.29) is 12.3 Å². The molecule has 1 saturated carbocycles. The van der Waals surface area contributed by atoms with Crippen LogP contribution in [0.5, 0.6) is 0 Å². The van der Waals surface area contributed by atoms with Crippen LogP contribution in [0.25, 0.3) is 0 Å². The van der Waals surface area contributed by atoms with Crippen molar-refractivity contribution >= 4 is 11.5 Å². The molecule has 2 atom stereocenters. The Balaban J connectivity index is 2.35. The van der Waals surface area contributed by atoms with Gasteiger partial charge in [0, 0.05) is 7.05 Å². The summed E-state index contributed by atoms with van der Waals surface area (Å²) in [6.07, 6.45) is 3.77. The largest absolute Gasteiger partial charge is 0.394 e. The molecule has 0 amide bonds. The van der Waals surface area contributed by atoms with Crippen molar-refractivity contribution < 1.29 is 10.0 Å². The minimum absolute atomic E-state index is 0.00134. The average Bonchev–Trinajstić information content (AvgIpc) is 2.64. The van der Waals surface area contributed by atoms with Gasteiger partial charge < -0.3 is 10.4 Å². The summed E-state index contributed by atoms with van der Waals surface area (Å²) in [5.74, 6) is 0.882. The second-order valence-corrected chi connectivity index (χ2v) is 5.93. The van der Waals surface area contributed by atoms with Crippen molar-refractivity contribution in [1.29, 1.82) is 0 Å². The van der Waals surface area contributed by atoms with E-state index in [1.807, 2.05) is 0 Å². The van der Waals surface area contributed by atoms with Crippen LogP contribution in [0.2, 0.25) is 0 Å². The normalized spacial score (nSPS) is 26.5. The van der Waals surface area contributed by atoms with E-state index in [0.29, 0.717) is 17.4 Å². The minimum Gasteiger partial charge on any atom is -0.394 e. The molecule has 1 aliphatic carbocycles. The van der Waals surface area contributed by atoms with Crippen LogP contribution >= 0.6 is 0 Å². The zero-order valence-electron chi connectivity index (χ0n) is 12.2. The summed E-state index contributed by atoms with van der Waals surface area (Å²) in [6, 6.07) is 0. The van der Waals surface area contributed by atoms with Gasteiger partial charge in [-0.15, -0.1) is 0 Å². The van der Waals surface area contributed by atoms with Gasteiger partial charge in [-0.1, -0.05) is 19.8 Å². The lowest BCUT2D eigenvalue weighted by molar-refractivity contribution is -0.384. The molecule has 1 aromatic rings. The summed E-state index contributed by atoms with van der Waals surface area (Å²) in [6.45, 7) is 3.74. The van der Waals surface area contributed by atoms with Crippen LogP contribution in [-0.4, -0.2) is 32.0 Å². The molecule has 1 aromatic heterocycles. The standard InChI is InChI=1S/C13H22N4O3/c1-9-5-4-6-13(7-9,8-18)14-12-11(17(19)20)10(2)15-16(12)3/h9,14,18H,4-8H2,1-3H3. The van der Waals surface area contributed by atoms with Gasteiger partial charge in [-0.2, -0.15) is 5.10 Å². The van der Waals surface area contributed by atoms with Crippen molar-refractivity contribution in [3.63, 3.8) is 0 Å². The van der Waals surface area contributed by atoms with E-state index >= 15 is 0 Å². The quantitative estimate of drug-likeness (QED) is 0.650. The Morgan fingerprint density at radius 2 is 2.35 bits per heavy atom. The molecule has 7 nitrogen and oxygen atoms in total. The number of hydrogen-bond acceptors (Lipinski definition) is 5. The fourth-order valence-electron chi connectivity index (χ4n) is 3.21. The van der Waals surface area contributed by atoms with E-state index in [0.717, 1.165) is 25.7 Å². The van der Waals surface area contributed by atoms with Gasteiger partial charge >= 0.3 is 5.69 Å². The van der Waals surface area contributed by atoms with E-state index in [1.165, 1.54) is 4.68 Å². The van der Waals surface area contributed by atoms with E-state index in [2.05, 4.69) is 17.3 Å². The Bertz CT molecular complexity index is 514. The first-order chi connectivity index (χ1) is 9.38. The SMILES string of the molecule is Cc1nn(C)c(NC2(CO)CCCC(C)C2)c1[N+](=O)[O-]. The lowest BCUT2D eigenvalue weighted by atomic mass is 9.77. The van der Waals surface area contributed by atoms with Gasteiger partial charge in [0.05, 0.1) is 17.1 Å². The number of nitrogens with one attached hydrogen (secondary N) is 1. The Labute approximate surface area is 118 Å². The molecule has 1 heterocycles. The lowest BCUT2D eigenvalue weighted by Gasteiger charge is -2.39. The molecule has 7 heteroatoms. The van der Waals surface area contributed by atoms with Crippen LogP contribution in [0.1, 0.15) is 38.3 Å². The fourth-order valence-corrected chi connectivity index (χ4v) is 3.21. The molecule has 2 N–H and O–H groups in total. The van der Waals surface area contributed by atoms with Crippen LogP contribution < -0.4 is 5.32 Å². The number of hydrogen-bond donors (Lipinski definition) is 2. The maximum atomic E-state index is 11.2. The van der Waals surface area contributed by atoms with Gasteiger partial charge in [0.2, 0.25) is 5.82 Å². The predicted octanol–water partition coefficient (Wildman–Crippen LogP) is 1.99. The zero-order valence-corrected chi connectivity index (χ0v) is 12.2. The Hall–Kier alpha value is -1.63. The average molecular weight is 282 g/mol. The number of rotatable bonds is 4. The van der Waals surface area contributed by atoms with Gasteiger partial charge in [-0.25, -0.2) is 4.68 Å². The number of anilines is 1. The topological polar surface area (TPSA) is 93.2 Å². The first kappa shape index (κ1) is 14.8. The molecule has 0 aliphatic heterocycles. The number of aliphatic hydroxyl groups is 1. The predicted molar refractivity (Wildman–Crippen MR) is 75.7 cm³/mol. The highest BCUT2D eigenvalue weighted by Crippen LogP contribution is 2.37. The minimum atomic E-state index is -0.483. The molecule has 112 valence electrons. The van der Waals surface area contributed by atoms with Crippen LogP contribution in [0, 0.1) is 23.0 Å². The Kier molecular flexibility index (Phi) is 3.99. The fraction of sp³-hybridized carbons (Fsp3) is 0.769. The number of aromatic nitrogens is 2. The van der Waals surface area contributed by atoms with Crippen molar-refractivity contribution in [2.24, 2.45) is 13.0 Å². The summed E-state index contributed by atoms with van der Waals surface area (Å²) < 4.78 is 1.49. The summed E-state index contributed by atoms with van der Waals surface area (Å²) >= 11 is 0. The van der Waals surface area contributed by atoms with Crippen molar-refractivity contribution in [2.75, 3.05) is 11.9 Å². The van der Waals surface area contributed by atoms with Crippen LogP contribution in [0.15, 0.2) is 0 Å². The molecule has 1 fully saturated rings. The third-order valence-corrected chi connectivity index (χ3v) is 4.15. The van der Waals surface area contributed by atoms with Gasteiger partial charge in [0.25, 0.3) is 0 Å². The first-order valence-corrected chi connectivity index (χ1v) is 6.95. The van der Waals surface area contributed by atoms with E-state index < -0.39 is 10.5 Å². The number of aliphatic hydroxyl groups excluding tert-OH is 1. The second-order valence-electron chi connectivity index (χ2n) is 5.93. The maximum absolute atomic E-state index is 11.2. The zero-order chi connectivity index (χ0) is 14.9. The Morgan fingerprint density at radius 3 is 2.90 bits per heavy atom. The molecule has 0 radical (unpaired) electrons. The number of aryl methyl sites for hydroxylation is 2. The van der Waals surface area contributed by atoms with Gasteiger partial charge in [0.15, 0.2) is 0 Å². The molecule has 0 saturated heterocycles.